The third kappa shape index (κ3) is 9.11. The molecular weight excluding hydrogens is 458 g/mol. The number of carbonyl (C=O) groups is 3. The number of benzene rings is 2. The standard InChI is InChI=1S/C29H39NO6/c1-19-17-20(15-16-23(19)21-12-8-7-9-13-21)11-10-14-22(18-24(31)36-29(5,6)35)26(32)30-25(27(33)34)28(2,3)4/h7-9,12-13,15-17,22,25,35H,10-11,14,18H2,1-6H3,(H,30,32)(H,33,34)/t22-,25-/m1/s1. The highest BCUT2D eigenvalue weighted by atomic mass is 16.7. The lowest BCUT2D eigenvalue weighted by molar-refractivity contribution is -0.196. The van der Waals surface area contributed by atoms with E-state index in [1.807, 2.05) is 18.2 Å². The summed E-state index contributed by atoms with van der Waals surface area (Å²) in [4.78, 5) is 37.2. The van der Waals surface area contributed by atoms with Gasteiger partial charge in [-0.25, -0.2) is 4.79 Å². The number of amides is 1. The first-order valence-corrected chi connectivity index (χ1v) is 12.3. The fraction of sp³-hybridized carbons (Fsp3) is 0.483. The van der Waals surface area contributed by atoms with Crippen LogP contribution in [0.1, 0.15) is 65.0 Å². The highest BCUT2D eigenvalue weighted by Crippen LogP contribution is 2.26. The fourth-order valence-electron chi connectivity index (χ4n) is 4.13. The average Bonchev–Trinajstić information content (AvgIpc) is 2.75. The maximum atomic E-state index is 13.1. The minimum atomic E-state index is -1.66. The molecule has 2 aromatic carbocycles. The molecule has 0 radical (unpaired) electrons. The Morgan fingerprint density at radius 1 is 1.00 bits per heavy atom. The Bertz CT molecular complexity index is 1050. The summed E-state index contributed by atoms with van der Waals surface area (Å²) in [5.74, 6) is -4.81. The van der Waals surface area contributed by atoms with E-state index in [4.69, 9.17) is 4.74 Å². The molecule has 2 aromatic rings. The number of rotatable bonds is 11. The molecule has 0 aliphatic carbocycles. The third-order valence-electron chi connectivity index (χ3n) is 5.94. The summed E-state index contributed by atoms with van der Waals surface area (Å²) < 4.78 is 4.99. The molecule has 0 bridgehead atoms. The second kappa shape index (κ2) is 12.2. The van der Waals surface area contributed by atoms with Crippen LogP contribution < -0.4 is 5.32 Å². The summed E-state index contributed by atoms with van der Waals surface area (Å²) in [6.45, 7) is 9.91. The number of esters is 1. The van der Waals surface area contributed by atoms with Crippen molar-refractivity contribution < 1.29 is 29.3 Å². The molecule has 0 heterocycles. The predicted molar refractivity (Wildman–Crippen MR) is 139 cm³/mol. The van der Waals surface area contributed by atoms with Crippen LogP contribution in [-0.4, -0.2) is 39.9 Å². The number of hydrogen-bond acceptors (Lipinski definition) is 5. The lowest BCUT2D eigenvalue weighted by Gasteiger charge is -2.29. The normalized spacial score (nSPS) is 13.5. The largest absolute Gasteiger partial charge is 0.480 e. The number of nitrogens with one attached hydrogen (secondary N) is 1. The smallest absolute Gasteiger partial charge is 0.326 e. The first-order valence-electron chi connectivity index (χ1n) is 12.3. The summed E-state index contributed by atoms with van der Waals surface area (Å²) in [7, 11) is 0. The van der Waals surface area contributed by atoms with Crippen LogP contribution in [0.25, 0.3) is 11.1 Å². The Morgan fingerprint density at radius 2 is 1.64 bits per heavy atom. The third-order valence-corrected chi connectivity index (χ3v) is 5.94. The zero-order chi connectivity index (χ0) is 27.1. The molecule has 2 atom stereocenters. The number of aliphatic carboxylic acids is 1. The van der Waals surface area contributed by atoms with Gasteiger partial charge in [0.05, 0.1) is 6.42 Å². The average molecular weight is 498 g/mol. The van der Waals surface area contributed by atoms with Gasteiger partial charge in [0.2, 0.25) is 11.7 Å². The minimum Gasteiger partial charge on any atom is -0.480 e. The zero-order valence-corrected chi connectivity index (χ0v) is 22.1. The van der Waals surface area contributed by atoms with Gasteiger partial charge in [0.1, 0.15) is 6.04 Å². The Balaban J connectivity index is 2.11. The summed E-state index contributed by atoms with van der Waals surface area (Å²) in [5, 5.41) is 22.0. The minimum absolute atomic E-state index is 0.252. The second-order valence-electron chi connectivity index (χ2n) is 10.9. The van der Waals surface area contributed by atoms with E-state index in [0.29, 0.717) is 19.3 Å². The van der Waals surface area contributed by atoms with Gasteiger partial charge < -0.3 is 20.3 Å². The van der Waals surface area contributed by atoms with Gasteiger partial charge in [-0.3, -0.25) is 9.59 Å². The monoisotopic (exact) mass is 497 g/mol. The molecule has 0 saturated carbocycles. The molecule has 196 valence electrons. The highest BCUT2D eigenvalue weighted by molar-refractivity contribution is 5.88. The summed E-state index contributed by atoms with van der Waals surface area (Å²) in [6.07, 6.45) is 1.42. The lowest BCUT2D eigenvalue weighted by Crippen LogP contribution is -2.51. The molecule has 0 saturated heterocycles. The highest BCUT2D eigenvalue weighted by Gasteiger charge is 2.35. The van der Waals surface area contributed by atoms with Crippen molar-refractivity contribution in [3.05, 3.63) is 59.7 Å². The topological polar surface area (TPSA) is 113 Å². The number of aryl methyl sites for hydroxylation is 2. The van der Waals surface area contributed by atoms with Crippen LogP contribution >= 0.6 is 0 Å². The van der Waals surface area contributed by atoms with Crippen molar-refractivity contribution in [1.82, 2.24) is 5.32 Å². The Kier molecular flexibility index (Phi) is 9.82. The van der Waals surface area contributed by atoms with Crippen molar-refractivity contribution in [3.8, 4) is 11.1 Å². The SMILES string of the molecule is Cc1cc(CCC[C@H](CC(=O)OC(C)(C)O)C(=O)N[C@H](C(=O)O)C(C)(C)C)ccc1-c1ccccc1. The summed E-state index contributed by atoms with van der Waals surface area (Å²) in [6, 6.07) is 15.3. The van der Waals surface area contributed by atoms with E-state index in [9.17, 15) is 24.6 Å². The maximum absolute atomic E-state index is 13.1. The first kappa shape index (κ1) is 29.0. The molecule has 0 aliphatic heterocycles. The van der Waals surface area contributed by atoms with Crippen molar-refractivity contribution >= 4 is 17.8 Å². The number of aliphatic hydroxyl groups is 1. The van der Waals surface area contributed by atoms with Crippen LogP contribution in [0.3, 0.4) is 0 Å². The number of carbonyl (C=O) groups excluding carboxylic acids is 2. The molecule has 3 N–H and O–H groups in total. The second-order valence-corrected chi connectivity index (χ2v) is 10.9. The van der Waals surface area contributed by atoms with E-state index in [-0.39, 0.29) is 6.42 Å². The fourth-order valence-corrected chi connectivity index (χ4v) is 4.13. The van der Waals surface area contributed by atoms with Gasteiger partial charge in [-0.2, -0.15) is 0 Å². The van der Waals surface area contributed by atoms with Gasteiger partial charge in [0, 0.05) is 19.8 Å². The van der Waals surface area contributed by atoms with Crippen LogP contribution in [0, 0.1) is 18.3 Å². The Morgan fingerprint density at radius 3 is 2.17 bits per heavy atom. The van der Waals surface area contributed by atoms with Crippen LogP contribution in [0.4, 0.5) is 0 Å². The van der Waals surface area contributed by atoms with Crippen LogP contribution in [-0.2, 0) is 25.5 Å². The molecule has 1 amide bonds. The Labute approximate surface area is 213 Å². The van der Waals surface area contributed by atoms with Crippen molar-refractivity contribution in [2.45, 2.75) is 79.1 Å². The van der Waals surface area contributed by atoms with Crippen molar-refractivity contribution in [3.63, 3.8) is 0 Å². The van der Waals surface area contributed by atoms with Gasteiger partial charge in [-0.15, -0.1) is 0 Å². The van der Waals surface area contributed by atoms with Gasteiger partial charge in [-0.1, -0.05) is 69.3 Å². The predicted octanol–water partition coefficient (Wildman–Crippen LogP) is 4.88. The molecule has 0 aliphatic rings. The van der Waals surface area contributed by atoms with Gasteiger partial charge in [-0.05, 0) is 53.9 Å². The van der Waals surface area contributed by atoms with E-state index in [2.05, 4.69) is 42.6 Å². The van der Waals surface area contributed by atoms with E-state index >= 15 is 0 Å². The molecule has 36 heavy (non-hydrogen) atoms. The first-order chi connectivity index (χ1) is 16.7. The van der Waals surface area contributed by atoms with Crippen LogP contribution in [0.15, 0.2) is 48.5 Å². The number of carboxylic acid groups (broad SMARTS) is 1. The Hall–Kier alpha value is -3.19. The molecule has 0 fully saturated rings. The van der Waals surface area contributed by atoms with Crippen LogP contribution in [0.2, 0.25) is 0 Å². The van der Waals surface area contributed by atoms with E-state index < -0.39 is 41.0 Å². The zero-order valence-electron chi connectivity index (χ0n) is 22.1. The van der Waals surface area contributed by atoms with E-state index in [1.165, 1.54) is 13.8 Å². The maximum Gasteiger partial charge on any atom is 0.326 e. The number of hydrogen-bond donors (Lipinski definition) is 3. The molecule has 0 unspecified atom stereocenters. The number of ether oxygens (including phenoxy) is 1. The molecule has 0 spiro atoms. The van der Waals surface area contributed by atoms with Crippen LogP contribution in [0.5, 0.6) is 0 Å². The summed E-state index contributed by atoms with van der Waals surface area (Å²) >= 11 is 0. The molecule has 2 rings (SSSR count). The lowest BCUT2D eigenvalue weighted by atomic mass is 9.86. The molecule has 0 aromatic heterocycles. The van der Waals surface area contributed by atoms with E-state index in [1.54, 1.807) is 20.8 Å². The van der Waals surface area contributed by atoms with Crippen molar-refractivity contribution in [1.29, 1.82) is 0 Å². The van der Waals surface area contributed by atoms with E-state index in [0.717, 1.165) is 22.3 Å². The molecule has 7 nitrogen and oxygen atoms in total. The van der Waals surface area contributed by atoms with Crippen molar-refractivity contribution in [2.24, 2.45) is 11.3 Å². The van der Waals surface area contributed by atoms with Gasteiger partial charge >= 0.3 is 11.9 Å². The van der Waals surface area contributed by atoms with Crippen molar-refractivity contribution in [2.75, 3.05) is 0 Å². The van der Waals surface area contributed by atoms with Gasteiger partial charge in [0.25, 0.3) is 0 Å². The van der Waals surface area contributed by atoms with Gasteiger partial charge in [0.15, 0.2) is 0 Å². The summed E-state index contributed by atoms with van der Waals surface area (Å²) in [5.41, 5.74) is 3.86. The molecule has 7 heteroatoms. The quantitative estimate of drug-likeness (QED) is 0.301. The number of carboxylic acids is 1. The molecular formula is C29H39NO6.